The normalized spacial score (nSPS) is 16.7. The van der Waals surface area contributed by atoms with Gasteiger partial charge in [0, 0.05) is 26.0 Å². The molecule has 1 aliphatic rings. The zero-order valence-corrected chi connectivity index (χ0v) is 19.0. The molecule has 0 bridgehead atoms. The first-order valence-corrected chi connectivity index (χ1v) is 11.1. The fourth-order valence-electron chi connectivity index (χ4n) is 3.73. The van der Waals surface area contributed by atoms with E-state index in [2.05, 4.69) is 41.4 Å². The summed E-state index contributed by atoms with van der Waals surface area (Å²) in [6.45, 7) is 7.20. The number of hydrogen-bond acceptors (Lipinski definition) is 6. The SMILES string of the molecule is COCCCN1C(=O)NC(c2ccc(C)c(C)c2)C(c2nc(-c3cccs3)no2)=C1C. The summed E-state index contributed by atoms with van der Waals surface area (Å²) in [5, 5.41) is 9.31. The predicted molar refractivity (Wildman–Crippen MR) is 121 cm³/mol. The topological polar surface area (TPSA) is 80.5 Å². The first-order chi connectivity index (χ1) is 15.0. The van der Waals surface area contributed by atoms with E-state index >= 15 is 0 Å². The summed E-state index contributed by atoms with van der Waals surface area (Å²) in [5.41, 5.74) is 4.97. The van der Waals surface area contributed by atoms with E-state index < -0.39 is 0 Å². The van der Waals surface area contributed by atoms with Gasteiger partial charge in [-0.25, -0.2) is 4.79 Å². The van der Waals surface area contributed by atoms with Crippen molar-refractivity contribution in [1.82, 2.24) is 20.4 Å². The second kappa shape index (κ2) is 9.03. The van der Waals surface area contributed by atoms with E-state index in [0.717, 1.165) is 33.7 Å². The molecule has 3 aromatic rings. The number of amides is 2. The number of nitrogens with zero attached hydrogens (tertiary/aromatic N) is 3. The molecule has 2 aromatic heterocycles. The first-order valence-electron chi connectivity index (χ1n) is 10.2. The molecular formula is C23H26N4O3S. The zero-order valence-electron chi connectivity index (χ0n) is 18.1. The summed E-state index contributed by atoms with van der Waals surface area (Å²) in [5.74, 6) is 0.966. The van der Waals surface area contributed by atoms with E-state index in [1.54, 1.807) is 23.3 Å². The van der Waals surface area contributed by atoms with Crippen molar-refractivity contribution in [2.75, 3.05) is 20.3 Å². The Morgan fingerprint density at radius 2 is 2.06 bits per heavy atom. The number of ether oxygens (including phenoxy) is 1. The number of nitrogens with one attached hydrogen (secondary N) is 1. The van der Waals surface area contributed by atoms with E-state index in [1.807, 2.05) is 30.5 Å². The average molecular weight is 439 g/mol. The Kier molecular flexibility index (Phi) is 6.20. The molecule has 0 saturated heterocycles. The number of benzene rings is 1. The molecule has 31 heavy (non-hydrogen) atoms. The van der Waals surface area contributed by atoms with Gasteiger partial charge in [-0.1, -0.05) is 29.4 Å². The van der Waals surface area contributed by atoms with Gasteiger partial charge in [-0.05, 0) is 55.3 Å². The highest BCUT2D eigenvalue weighted by molar-refractivity contribution is 7.13. The number of carbonyl (C=O) groups excluding carboxylic acids is 1. The Morgan fingerprint density at radius 3 is 2.77 bits per heavy atom. The van der Waals surface area contributed by atoms with Gasteiger partial charge in [0.15, 0.2) is 0 Å². The van der Waals surface area contributed by atoms with E-state index in [0.29, 0.717) is 24.9 Å². The fourth-order valence-corrected chi connectivity index (χ4v) is 4.38. The van der Waals surface area contributed by atoms with Crippen molar-refractivity contribution in [2.45, 2.75) is 33.2 Å². The van der Waals surface area contributed by atoms with Crippen LogP contribution in [-0.4, -0.2) is 41.3 Å². The molecule has 1 aromatic carbocycles. The maximum absolute atomic E-state index is 13.0. The van der Waals surface area contributed by atoms with Crippen molar-refractivity contribution in [1.29, 1.82) is 0 Å². The van der Waals surface area contributed by atoms with Crippen LogP contribution in [-0.2, 0) is 4.74 Å². The highest BCUT2D eigenvalue weighted by Gasteiger charge is 2.35. The number of thiophene rings is 1. The number of urea groups is 1. The van der Waals surface area contributed by atoms with Crippen LogP contribution in [0.1, 0.15) is 42.0 Å². The maximum Gasteiger partial charge on any atom is 0.322 e. The zero-order chi connectivity index (χ0) is 22.0. The minimum Gasteiger partial charge on any atom is -0.385 e. The third-order valence-electron chi connectivity index (χ3n) is 5.59. The number of rotatable bonds is 7. The van der Waals surface area contributed by atoms with Gasteiger partial charge in [0.25, 0.3) is 5.89 Å². The van der Waals surface area contributed by atoms with E-state index in [4.69, 9.17) is 9.26 Å². The molecule has 0 aliphatic carbocycles. The second-order valence-corrected chi connectivity index (χ2v) is 8.57. The number of methoxy groups -OCH3 is 1. The number of allylic oxidation sites excluding steroid dienone is 1. The van der Waals surface area contributed by atoms with Gasteiger partial charge in [-0.3, -0.25) is 4.90 Å². The van der Waals surface area contributed by atoms with Gasteiger partial charge in [-0.2, -0.15) is 4.98 Å². The van der Waals surface area contributed by atoms with E-state index in [9.17, 15) is 4.79 Å². The summed E-state index contributed by atoms with van der Waals surface area (Å²) >= 11 is 1.56. The Bertz CT molecular complexity index is 1100. The third kappa shape index (κ3) is 4.26. The lowest BCUT2D eigenvalue weighted by atomic mass is 9.92. The molecular weight excluding hydrogens is 412 g/mol. The summed E-state index contributed by atoms with van der Waals surface area (Å²) in [4.78, 5) is 20.3. The van der Waals surface area contributed by atoms with Crippen LogP contribution in [0.4, 0.5) is 4.79 Å². The Morgan fingerprint density at radius 1 is 1.23 bits per heavy atom. The van der Waals surface area contributed by atoms with Crippen LogP contribution in [0, 0.1) is 13.8 Å². The highest BCUT2D eigenvalue weighted by atomic mass is 32.1. The van der Waals surface area contributed by atoms with Crippen LogP contribution in [0.2, 0.25) is 0 Å². The smallest absolute Gasteiger partial charge is 0.322 e. The Balaban J connectivity index is 1.78. The predicted octanol–water partition coefficient (Wildman–Crippen LogP) is 4.95. The van der Waals surface area contributed by atoms with Gasteiger partial charge < -0.3 is 14.6 Å². The molecule has 1 N–H and O–H groups in total. The van der Waals surface area contributed by atoms with Crippen LogP contribution >= 0.6 is 11.3 Å². The molecule has 1 unspecified atom stereocenters. The minimum absolute atomic E-state index is 0.140. The lowest BCUT2D eigenvalue weighted by Crippen LogP contribution is -2.46. The van der Waals surface area contributed by atoms with Crippen LogP contribution in [0.25, 0.3) is 16.3 Å². The molecule has 8 heteroatoms. The molecule has 1 aliphatic heterocycles. The van der Waals surface area contributed by atoms with Crippen LogP contribution < -0.4 is 5.32 Å². The average Bonchev–Trinajstić information content (AvgIpc) is 3.44. The van der Waals surface area contributed by atoms with Crippen molar-refractivity contribution in [2.24, 2.45) is 0 Å². The van der Waals surface area contributed by atoms with Crippen molar-refractivity contribution >= 4 is 22.9 Å². The van der Waals surface area contributed by atoms with Crippen LogP contribution in [0.3, 0.4) is 0 Å². The number of hydrogen-bond donors (Lipinski definition) is 1. The fraction of sp³-hybridized carbons (Fsp3) is 0.348. The summed E-state index contributed by atoms with van der Waals surface area (Å²) in [6.07, 6.45) is 0.729. The first kappa shape index (κ1) is 21.3. The van der Waals surface area contributed by atoms with E-state index in [1.165, 1.54) is 5.56 Å². The lowest BCUT2D eigenvalue weighted by Gasteiger charge is -2.35. The van der Waals surface area contributed by atoms with Crippen molar-refractivity contribution in [3.8, 4) is 10.7 Å². The quantitative estimate of drug-likeness (QED) is 0.528. The molecule has 7 nitrogen and oxygen atoms in total. The van der Waals surface area contributed by atoms with E-state index in [-0.39, 0.29) is 12.1 Å². The monoisotopic (exact) mass is 438 g/mol. The summed E-state index contributed by atoms with van der Waals surface area (Å²) in [6, 6.07) is 9.61. The van der Waals surface area contributed by atoms with Crippen molar-refractivity contribution < 1.29 is 14.1 Å². The molecule has 0 spiro atoms. The standard InChI is InChI=1S/C23H26N4O3S/c1-14-8-9-17(13-15(14)2)20-19(16(3)27(23(28)24-20)10-6-11-29-4)22-25-21(26-30-22)18-7-5-12-31-18/h5,7-9,12-13,20H,6,10-11H2,1-4H3,(H,24,28). The molecule has 3 heterocycles. The molecule has 0 saturated carbocycles. The Hall–Kier alpha value is -2.97. The molecule has 2 amide bonds. The molecule has 162 valence electrons. The lowest BCUT2D eigenvalue weighted by molar-refractivity contribution is 0.174. The van der Waals surface area contributed by atoms with Gasteiger partial charge in [0.2, 0.25) is 5.82 Å². The summed E-state index contributed by atoms with van der Waals surface area (Å²) in [7, 11) is 1.66. The Labute approximate surface area is 185 Å². The van der Waals surface area contributed by atoms with Gasteiger partial charge in [0.1, 0.15) is 0 Å². The minimum atomic E-state index is -0.373. The summed E-state index contributed by atoms with van der Waals surface area (Å²) < 4.78 is 10.9. The molecule has 1 atom stereocenters. The largest absolute Gasteiger partial charge is 0.385 e. The van der Waals surface area contributed by atoms with Gasteiger partial charge >= 0.3 is 6.03 Å². The number of aromatic nitrogens is 2. The van der Waals surface area contributed by atoms with Crippen LogP contribution in [0.5, 0.6) is 0 Å². The van der Waals surface area contributed by atoms with Gasteiger partial charge in [-0.15, -0.1) is 11.3 Å². The number of aryl methyl sites for hydroxylation is 2. The second-order valence-electron chi connectivity index (χ2n) is 7.62. The van der Waals surface area contributed by atoms with Gasteiger partial charge in [0.05, 0.1) is 16.5 Å². The molecule has 0 radical (unpaired) electrons. The van der Waals surface area contributed by atoms with Crippen molar-refractivity contribution in [3.63, 3.8) is 0 Å². The number of carbonyl (C=O) groups is 1. The van der Waals surface area contributed by atoms with Crippen molar-refractivity contribution in [3.05, 3.63) is 64.0 Å². The molecule has 0 fully saturated rings. The highest BCUT2D eigenvalue weighted by Crippen LogP contribution is 2.38. The maximum atomic E-state index is 13.0. The third-order valence-corrected chi connectivity index (χ3v) is 6.45. The molecule has 4 rings (SSSR count). The van der Waals surface area contributed by atoms with Crippen LogP contribution in [0.15, 0.2) is 45.9 Å².